The number of alkyl halides is 3. The van der Waals surface area contributed by atoms with Crippen molar-refractivity contribution in [2.45, 2.75) is 64.3 Å². The number of aromatic nitrogens is 4. The number of unbranched alkanes of at least 4 members (excludes halogenated alkanes) is 1. The Labute approximate surface area is 167 Å². The van der Waals surface area contributed by atoms with Gasteiger partial charge in [-0.05, 0) is 6.42 Å². The molecule has 0 spiro atoms. The van der Waals surface area contributed by atoms with E-state index < -0.39 is 48.5 Å². The number of hydrogen-bond acceptors (Lipinski definition) is 8. The highest BCUT2D eigenvalue weighted by Crippen LogP contribution is 2.36. The largest absolute Gasteiger partial charge is 0.458 e. The number of nitrogens with two attached hydrogens (primary N) is 1. The first-order valence-corrected chi connectivity index (χ1v) is 9.21. The van der Waals surface area contributed by atoms with Crippen molar-refractivity contribution in [1.29, 1.82) is 0 Å². The minimum Gasteiger partial charge on any atom is -0.458 e. The Morgan fingerprint density at radius 3 is 2.70 bits per heavy atom. The van der Waals surface area contributed by atoms with Crippen LogP contribution in [0.15, 0.2) is 11.0 Å². The van der Waals surface area contributed by atoms with E-state index in [4.69, 9.17) is 15.2 Å². The van der Waals surface area contributed by atoms with Gasteiger partial charge in [0, 0.05) is 19.9 Å². The van der Waals surface area contributed by atoms with Gasteiger partial charge in [-0.1, -0.05) is 13.3 Å². The molecule has 164 valence electrons. The van der Waals surface area contributed by atoms with Gasteiger partial charge in [0.2, 0.25) is 5.95 Å². The fraction of sp³-hybridized carbons (Fsp3) is 0.588. The normalized spacial score (nSPS) is 21.8. The van der Waals surface area contributed by atoms with E-state index in [2.05, 4.69) is 9.97 Å². The van der Waals surface area contributed by atoms with Crippen molar-refractivity contribution in [2.75, 3.05) is 5.73 Å². The summed E-state index contributed by atoms with van der Waals surface area (Å²) < 4.78 is 51.4. The smallest absolute Gasteiger partial charge is 0.452 e. The quantitative estimate of drug-likeness (QED) is 0.678. The van der Waals surface area contributed by atoms with E-state index in [-0.39, 0.29) is 11.6 Å². The summed E-state index contributed by atoms with van der Waals surface area (Å²) in [5.74, 6) is -3.10. The molecule has 0 aromatic carbocycles. The van der Waals surface area contributed by atoms with Gasteiger partial charge in [-0.25, -0.2) is 14.3 Å². The Balaban J connectivity index is 2.12. The Morgan fingerprint density at radius 2 is 2.10 bits per heavy atom. The second kappa shape index (κ2) is 8.05. The second-order valence-corrected chi connectivity index (χ2v) is 6.86. The van der Waals surface area contributed by atoms with Gasteiger partial charge in [0.15, 0.2) is 11.9 Å². The molecule has 2 aromatic heterocycles. The van der Waals surface area contributed by atoms with Crippen molar-refractivity contribution in [2.24, 2.45) is 0 Å². The minimum atomic E-state index is -5.15. The van der Waals surface area contributed by atoms with Crippen molar-refractivity contribution in [3.63, 3.8) is 0 Å². The maximum Gasteiger partial charge on any atom is 0.452 e. The standard InChI is InChI=1S/C17H20F3N5O5/c1-3-4-5-24-9-7-22-15(21)23-13(9)25(16(24)28)14-11(29-8(2)26)6-10(30-14)12(27)17(18,19)20/h7,10-11,14H,3-6H2,1-2H3,(H2,21,22,23). The van der Waals surface area contributed by atoms with E-state index in [0.29, 0.717) is 18.5 Å². The first kappa shape index (κ1) is 21.7. The van der Waals surface area contributed by atoms with Crippen LogP contribution >= 0.6 is 0 Å². The van der Waals surface area contributed by atoms with Crippen molar-refractivity contribution < 1.29 is 32.2 Å². The third-order valence-electron chi connectivity index (χ3n) is 4.67. The highest BCUT2D eigenvalue weighted by Gasteiger charge is 2.51. The Kier molecular flexibility index (Phi) is 5.83. The van der Waals surface area contributed by atoms with Crippen molar-refractivity contribution in [3.05, 3.63) is 16.7 Å². The molecule has 3 atom stereocenters. The number of fused-ring (bicyclic) bond motifs is 1. The van der Waals surface area contributed by atoms with Crippen LogP contribution in [-0.4, -0.2) is 49.2 Å². The maximum atomic E-state index is 13.1. The zero-order valence-corrected chi connectivity index (χ0v) is 16.2. The molecule has 0 aliphatic carbocycles. The van der Waals surface area contributed by atoms with Crippen molar-refractivity contribution in [3.8, 4) is 0 Å². The number of carbonyl (C=O) groups excluding carboxylic acids is 2. The molecule has 2 aromatic rings. The minimum absolute atomic E-state index is 0.00543. The van der Waals surface area contributed by atoms with E-state index in [1.807, 2.05) is 6.92 Å². The lowest BCUT2D eigenvalue weighted by atomic mass is 10.1. The Bertz CT molecular complexity index is 1030. The number of halogens is 3. The highest BCUT2D eigenvalue weighted by atomic mass is 19.4. The number of ether oxygens (including phenoxy) is 2. The predicted octanol–water partition coefficient (Wildman–Crippen LogP) is 1.33. The lowest BCUT2D eigenvalue weighted by Gasteiger charge is -2.19. The molecule has 0 radical (unpaired) electrons. The number of ketones is 1. The number of aryl methyl sites for hydroxylation is 1. The van der Waals surface area contributed by atoms with Crippen molar-refractivity contribution in [1.82, 2.24) is 19.1 Å². The summed E-state index contributed by atoms with van der Waals surface area (Å²) in [7, 11) is 0. The molecule has 3 heterocycles. The topological polar surface area (TPSA) is 131 Å². The van der Waals surface area contributed by atoms with E-state index in [1.54, 1.807) is 0 Å². The summed E-state index contributed by atoms with van der Waals surface area (Å²) in [6.07, 6.45) is -7.71. The molecular formula is C17H20F3N5O5. The van der Waals surface area contributed by atoms with Gasteiger partial charge < -0.3 is 15.2 Å². The van der Waals surface area contributed by atoms with Gasteiger partial charge in [0.1, 0.15) is 17.7 Å². The maximum absolute atomic E-state index is 13.1. The number of hydrogen-bond donors (Lipinski definition) is 1. The zero-order chi connectivity index (χ0) is 22.2. The Morgan fingerprint density at radius 1 is 1.40 bits per heavy atom. The van der Waals surface area contributed by atoms with Crippen molar-refractivity contribution >= 4 is 28.9 Å². The molecule has 10 nitrogen and oxygen atoms in total. The molecular weight excluding hydrogens is 411 g/mol. The van der Waals surface area contributed by atoms with Crippen LogP contribution in [0.4, 0.5) is 19.1 Å². The van der Waals surface area contributed by atoms with Crippen LogP contribution in [0.5, 0.6) is 0 Å². The lowest BCUT2D eigenvalue weighted by Crippen LogP contribution is -2.35. The third kappa shape index (κ3) is 4.01. The van der Waals surface area contributed by atoms with Crippen LogP contribution in [0, 0.1) is 0 Å². The van der Waals surface area contributed by atoms with E-state index in [1.165, 1.54) is 10.8 Å². The number of esters is 1. The predicted molar refractivity (Wildman–Crippen MR) is 96.3 cm³/mol. The van der Waals surface area contributed by atoms with E-state index >= 15 is 0 Å². The van der Waals surface area contributed by atoms with Crippen LogP contribution in [0.2, 0.25) is 0 Å². The summed E-state index contributed by atoms with van der Waals surface area (Å²) >= 11 is 0. The molecule has 1 fully saturated rings. The summed E-state index contributed by atoms with van der Waals surface area (Å²) in [5.41, 5.74) is 5.27. The Hall–Kier alpha value is -2.96. The van der Waals surface area contributed by atoms with Crippen LogP contribution in [0.3, 0.4) is 0 Å². The van der Waals surface area contributed by atoms with Crippen LogP contribution in [-0.2, 0) is 25.6 Å². The number of Topliss-reactive ketones (excluding diaryl/α,β-unsaturated/α-hetero) is 1. The van der Waals surface area contributed by atoms with Gasteiger partial charge in [0.05, 0.1) is 6.20 Å². The molecule has 1 aliphatic heterocycles. The van der Waals surface area contributed by atoms with Crippen LogP contribution < -0.4 is 11.4 Å². The summed E-state index contributed by atoms with van der Waals surface area (Å²) in [4.78, 5) is 44.1. The molecule has 0 bridgehead atoms. The number of rotatable bonds is 6. The zero-order valence-electron chi connectivity index (χ0n) is 16.2. The average molecular weight is 431 g/mol. The van der Waals surface area contributed by atoms with Gasteiger partial charge in [0.25, 0.3) is 5.78 Å². The molecule has 1 aliphatic rings. The molecule has 13 heteroatoms. The van der Waals surface area contributed by atoms with Gasteiger partial charge in [-0.3, -0.25) is 14.2 Å². The number of imidazole rings is 1. The molecule has 1 saturated heterocycles. The fourth-order valence-corrected chi connectivity index (χ4v) is 3.37. The fourth-order valence-electron chi connectivity index (χ4n) is 3.37. The lowest BCUT2D eigenvalue weighted by molar-refractivity contribution is -0.183. The number of nitrogens with zero attached hydrogens (tertiary/aromatic N) is 4. The highest BCUT2D eigenvalue weighted by molar-refractivity contribution is 5.88. The SMILES string of the molecule is CCCCn1c(=O)n(C2OC(C(=O)C(F)(F)F)CC2OC(C)=O)c2nc(N)ncc21. The molecule has 2 N–H and O–H groups in total. The third-order valence-corrected chi connectivity index (χ3v) is 4.67. The summed E-state index contributed by atoms with van der Waals surface area (Å²) in [6, 6.07) is 0. The van der Waals surface area contributed by atoms with E-state index in [0.717, 1.165) is 17.9 Å². The molecule has 3 rings (SSSR count). The summed E-state index contributed by atoms with van der Waals surface area (Å²) in [5, 5.41) is 0. The molecule has 30 heavy (non-hydrogen) atoms. The van der Waals surface area contributed by atoms with Gasteiger partial charge in [-0.2, -0.15) is 18.2 Å². The van der Waals surface area contributed by atoms with Gasteiger partial charge in [-0.15, -0.1) is 0 Å². The number of carbonyl (C=O) groups is 2. The first-order chi connectivity index (χ1) is 14.0. The first-order valence-electron chi connectivity index (χ1n) is 9.21. The number of anilines is 1. The molecule has 0 saturated carbocycles. The second-order valence-electron chi connectivity index (χ2n) is 6.86. The van der Waals surface area contributed by atoms with Crippen LogP contribution in [0.25, 0.3) is 11.2 Å². The molecule has 0 amide bonds. The average Bonchev–Trinajstić information content (AvgIpc) is 3.15. The van der Waals surface area contributed by atoms with Crippen LogP contribution in [0.1, 0.15) is 39.3 Å². The van der Waals surface area contributed by atoms with Gasteiger partial charge >= 0.3 is 17.8 Å². The van der Waals surface area contributed by atoms with E-state index in [9.17, 15) is 27.6 Å². The molecule has 3 unspecified atom stereocenters. The number of nitrogen functional groups attached to an aromatic ring is 1. The monoisotopic (exact) mass is 431 g/mol. The summed E-state index contributed by atoms with van der Waals surface area (Å²) in [6.45, 7) is 3.27.